The van der Waals surface area contributed by atoms with E-state index in [1.165, 1.54) is 11.8 Å². The molecule has 0 bridgehead atoms. The topological polar surface area (TPSA) is 24.4 Å². The van der Waals surface area contributed by atoms with Crippen molar-refractivity contribution >= 4 is 22.6 Å². The van der Waals surface area contributed by atoms with Gasteiger partial charge in [0.25, 0.3) is 0 Å². The van der Waals surface area contributed by atoms with Crippen molar-refractivity contribution in [3.8, 4) is 0 Å². The third-order valence-electron chi connectivity index (χ3n) is 3.38. The predicted octanol–water partition coefficient (Wildman–Crippen LogP) is 4.18. The van der Waals surface area contributed by atoms with Crippen LogP contribution in [-0.4, -0.2) is 16.5 Å². The summed E-state index contributed by atoms with van der Waals surface area (Å²) in [5.41, 5.74) is -0.227. The van der Waals surface area contributed by atoms with Crippen LogP contribution in [0.3, 0.4) is 0 Å². The number of rotatable bonds is 3. The molecule has 104 valence electrons. The number of nitrogens with one attached hydrogen (secondary N) is 1. The van der Waals surface area contributed by atoms with Crippen molar-refractivity contribution in [2.24, 2.45) is 4.99 Å². The Kier molecular flexibility index (Phi) is 4.08. The number of anilines is 1. The van der Waals surface area contributed by atoms with Gasteiger partial charge < -0.3 is 5.32 Å². The van der Waals surface area contributed by atoms with Crippen LogP contribution in [0.4, 0.5) is 18.9 Å². The molecule has 19 heavy (non-hydrogen) atoms. The minimum Gasteiger partial charge on any atom is -0.332 e. The molecule has 1 aromatic carbocycles. The first-order chi connectivity index (χ1) is 8.99. The monoisotopic (exact) mass is 288 g/mol. The maximum atomic E-state index is 13.5. The second-order valence-corrected chi connectivity index (χ2v) is 5.47. The first kappa shape index (κ1) is 14.2. The lowest BCUT2D eigenvalue weighted by atomic mass is 9.97. The summed E-state index contributed by atoms with van der Waals surface area (Å²) in [5, 5.41) is 3.28. The Morgan fingerprint density at radius 1 is 1.16 bits per heavy atom. The molecular formula is C13H15F3N2S. The first-order valence-electron chi connectivity index (χ1n) is 6.14. The van der Waals surface area contributed by atoms with Crippen LogP contribution in [0.25, 0.3) is 0 Å². The second kappa shape index (κ2) is 5.45. The summed E-state index contributed by atoms with van der Waals surface area (Å²) in [4.78, 5) is 4.53. The second-order valence-electron chi connectivity index (χ2n) is 4.51. The Morgan fingerprint density at radius 2 is 1.79 bits per heavy atom. The summed E-state index contributed by atoms with van der Waals surface area (Å²) in [6, 6.07) is 1.34. The highest BCUT2D eigenvalue weighted by atomic mass is 32.2. The molecule has 1 aromatic rings. The van der Waals surface area contributed by atoms with Crippen LogP contribution < -0.4 is 5.32 Å². The third kappa shape index (κ3) is 2.88. The zero-order valence-corrected chi connectivity index (χ0v) is 11.6. The van der Waals surface area contributed by atoms with Crippen LogP contribution >= 0.6 is 11.8 Å². The number of thioether (sulfide) groups is 1. The first-order valence-corrected chi connectivity index (χ1v) is 7.12. The van der Waals surface area contributed by atoms with Gasteiger partial charge >= 0.3 is 0 Å². The lowest BCUT2D eigenvalue weighted by Crippen LogP contribution is -2.24. The van der Waals surface area contributed by atoms with Gasteiger partial charge in [0.1, 0.15) is 5.82 Å². The summed E-state index contributed by atoms with van der Waals surface area (Å²) in [6.45, 7) is 4.10. The Bertz CT molecular complexity index is 513. The van der Waals surface area contributed by atoms with Gasteiger partial charge in [0.05, 0.1) is 11.2 Å². The highest BCUT2D eigenvalue weighted by Crippen LogP contribution is 2.34. The van der Waals surface area contributed by atoms with E-state index in [2.05, 4.69) is 24.2 Å². The van der Waals surface area contributed by atoms with Crippen molar-refractivity contribution in [3.05, 3.63) is 29.6 Å². The highest BCUT2D eigenvalue weighted by molar-refractivity contribution is 8.14. The molecule has 0 fully saturated rings. The van der Waals surface area contributed by atoms with Gasteiger partial charge in [0, 0.05) is 17.9 Å². The van der Waals surface area contributed by atoms with Crippen molar-refractivity contribution in [2.75, 3.05) is 11.1 Å². The Balaban J connectivity index is 2.21. The van der Waals surface area contributed by atoms with Gasteiger partial charge in [-0.1, -0.05) is 25.6 Å². The quantitative estimate of drug-likeness (QED) is 0.844. The summed E-state index contributed by atoms with van der Waals surface area (Å²) in [7, 11) is 0. The number of amidine groups is 1. The van der Waals surface area contributed by atoms with E-state index in [9.17, 15) is 13.2 Å². The molecule has 0 radical (unpaired) electrons. The van der Waals surface area contributed by atoms with E-state index in [4.69, 9.17) is 0 Å². The molecular weight excluding hydrogens is 273 g/mol. The van der Waals surface area contributed by atoms with Crippen molar-refractivity contribution in [1.29, 1.82) is 0 Å². The van der Waals surface area contributed by atoms with Crippen LogP contribution in [0.5, 0.6) is 0 Å². The molecule has 0 unspecified atom stereocenters. The normalized spacial score (nSPS) is 17.4. The maximum Gasteiger partial charge on any atom is 0.161 e. The molecule has 2 nitrogen and oxygen atoms in total. The molecule has 2 rings (SSSR count). The van der Waals surface area contributed by atoms with Crippen LogP contribution in [0.1, 0.15) is 26.7 Å². The van der Waals surface area contributed by atoms with Crippen LogP contribution in [0.15, 0.2) is 17.1 Å². The lowest BCUT2D eigenvalue weighted by Gasteiger charge is -2.20. The zero-order valence-electron chi connectivity index (χ0n) is 10.8. The van der Waals surface area contributed by atoms with Crippen molar-refractivity contribution < 1.29 is 13.2 Å². The number of aliphatic imine (C=N–C) groups is 1. The molecule has 1 aliphatic heterocycles. The van der Waals surface area contributed by atoms with Crippen molar-refractivity contribution in [3.63, 3.8) is 0 Å². The molecule has 0 atom stereocenters. The Hall–Kier alpha value is -1.17. The van der Waals surface area contributed by atoms with Crippen molar-refractivity contribution in [1.82, 2.24) is 0 Å². The Labute approximate surface area is 114 Å². The average Bonchev–Trinajstić information content (AvgIpc) is 2.80. The predicted molar refractivity (Wildman–Crippen MR) is 73.1 cm³/mol. The number of halogens is 3. The third-order valence-corrected chi connectivity index (χ3v) is 4.53. The van der Waals surface area contributed by atoms with Crippen LogP contribution in [0, 0.1) is 17.5 Å². The molecule has 1 N–H and O–H groups in total. The SMILES string of the molecule is CCC1(CC)CSC(Nc2cc(F)c(F)cc2F)=N1. The van der Waals surface area contributed by atoms with Gasteiger partial charge in [0.2, 0.25) is 0 Å². The van der Waals surface area contributed by atoms with Gasteiger partial charge in [-0.3, -0.25) is 4.99 Å². The molecule has 1 heterocycles. The molecule has 6 heteroatoms. The number of nitrogens with zero attached hydrogens (tertiary/aromatic N) is 1. The van der Waals surface area contributed by atoms with E-state index in [1.54, 1.807) is 0 Å². The van der Waals surface area contributed by atoms with Crippen LogP contribution in [0.2, 0.25) is 0 Å². The summed E-state index contributed by atoms with van der Waals surface area (Å²) in [5.74, 6) is -2.29. The van der Waals surface area contributed by atoms with E-state index in [0.717, 1.165) is 24.7 Å². The number of hydrogen-bond donors (Lipinski definition) is 1. The minimum absolute atomic E-state index is 0.0897. The standard InChI is InChI=1S/C13H15F3N2S/c1-3-13(4-2)7-19-12(18-13)17-11-6-9(15)8(14)5-10(11)16/h5-6H,3-4,7H2,1-2H3,(H,17,18). The minimum atomic E-state index is -1.19. The number of benzene rings is 1. The smallest absolute Gasteiger partial charge is 0.161 e. The molecule has 0 aromatic heterocycles. The van der Waals surface area contributed by atoms with E-state index in [1.807, 2.05) is 0 Å². The molecule has 0 spiro atoms. The highest BCUT2D eigenvalue weighted by Gasteiger charge is 2.32. The average molecular weight is 288 g/mol. The summed E-state index contributed by atoms with van der Waals surface area (Å²) >= 11 is 1.47. The van der Waals surface area contributed by atoms with E-state index in [-0.39, 0.29) is 11.2 Å². The molecule has 1 aliphatic rings. The van der Waals surface area contributed by atoms with Gasteiger partial charge in [-0.25, -0.2) is 13.2 Å². The fourth-order valence-corrected chi connectivity index (χ4v) is 3.21. The fourth-order valence-electron chi connectivity index (χ4n) is 1.89. The van der Waals surface area contributed by atoms with Gasteiger partial charge in [-0.2, -0.15) is 0 Å². The fraction of sp³-hybridized carbons (Fsp3) is 0.462. The van der Waals surface area contributed by atoms with E-state index < -0.39 is 17.5 Å². The van der Waals surface area contributed by atoms with Crippen molar-refractivity contribution in [2.45, 2.75) is 32.2 Å². The number of hydrogen-bond acceptors (Lipinski definition) is 3. The van der Waals surface area contributed by atoms with E-state index >= 15 is 0 Å². The van der Waals surface area contributed by atoms with Gasteiger partial charge in [0.15, 0.2) is 16.8 Å². The summed E-state index contributed by atoms with van der Waals surface area (Å²) in [6.07, 6.45) is 1.78. The lowest BCUT2D eigenvalue weighted by molar-refractivity contribution is 0.456. The molecule has 0 saturated heterocycles. The molecule has 0 amide bonds. The molecule has 0 aliphatic carbocycles. The zero-order chi connectivity index (χ0) is 14.0. The largest absolute Gasteiger partial charge is 0.332 e. The summed E-state index contributed by atoms with van der Waals surface area (Å²) < 4.78 is 39.4. The Morgan fingerprint density at radius 3 is 2.37 bits per heavy atom. The molecule has 0 saturated carbocycles. The van der Waals surface area contributed by atoms with Gasteiger partial charge in [-0.05, 0) is 12.8 Å². The van der Waals surface area contributed by atoms with Crippen LogP contribution in [-0.2, 0) is 0 Å². The van der Waals surface area contributed by atoms with Gasteiger partial charge in [-0.15, -0.1) is 0 Å². The van der Waals surface area contributed by atoms with E-state index in [0.29, 0.717) is 11.2 Å². The maximum absolute atomic E-state index is 13.5.